The Kier molecular flexibility index (Phi) is 2.43. The van der Waals surface area contributed by atoms with Crippen molar-refractivity contribution in [2.45, 2.75) is 18.8 Å². The van der Waals surface area contributed by atoms with Gasteiger partial charge in [-0.3, -0.25) is 0 Å². The van der Waals surface area contributed by atoms with Crippen LogP contribution in [0, 0.1) is 5.82 Å². The van der Waals surface area contributed by atoms with Gasteiger partial charge in [-0.25, -0.2) is 4.39 Å². The van der Waals surface area contributed by atoms with Crippen LogP contribution in [0.3, 0.4) is 0 Å². The second-order valence-corrected chi connectivity index (χ2v) is 3.41. The third-order valence-electron chi connectivity index (χ3n) is 2.24. The van der Waals surface area contributed by atoms with E-state index in [9.17, 15) is 4.39 Å². The van der Waals surface area contributed by atoms with E-state index in [-0.39, 0.29) is 18.2 Å². The highest BCUT2D eigenvalue weighted by Gasteiger charge is 2.26. The van der Waals surface area contributed by atoms with Crippen LogP contribution in [0.5, 0.6) is 5.75 Å². The first kappa shape index (κ1) is 9.49. The lowest BCUT2D eigenvalue weighted by molar-refractivity contribution is 0.239. The average molecular weight is 196 g/mol. The summed E-state index contributed by atoms with van der Waals surface area (Å²) in [5.41, 5.74) is 0.788. The van der Waals surface area contributed by atoms with Crippen molar-refractivity contribution in [2.75, 3.05) is 0 Å². The lowest BCUT2D eigenvalue weighted by atomic mass is 9.82. The van der Waals surface area contributed by atoms with Crippen molar-refractivity contribution in [3.63, 3.8) is 0 Å². The molecule has 1 heterocycles. The Labute approximate surface area is 81.3 Å². The molecule has 5 heteroatoms. The largest absolute Gasteiger partial charge is 0.490 e. The Hall–Kier alpha value is -1.07. The van der Waals surface area contributed by atoms with Crippen LogP contribution in [-0.2, 0) is 6.42 Å². The van der Waals surface area contributed by atoms with E-state index < -0.39 is 7.12 Å². The number of hydrogen-bond acceptors (Lipinski definition) is 3. The number of fused-ring (bicyclic) bond motifs is 1. The maximum Gasteiger partial charge on any atom is 0.455 e. The fourth-order valence-corrected chi connectivity index (χ4v) is 1.66. The van der Waals surface area contributed by atoms with Gasteiger partial charge in [0.1, 0.15) is 17.7 Å². The van der Waals surface area contributed by atoms with Gasteiger partial charge in [-0.05, 0) is 18.2 Å². The van der Waals surface area contributed by atoms with Gasteiger partial charge < -0.3 is 14.8 Å². The monoisotopic (exact) mass is 196 g/mol. The normalized spacial score (nSPS) is 18.9. The minimum absolute atomic E-state index is 0.149. The predicted octanol–water partition coefficient (Wildman–Crippen LogP) is 0.602. The zero-order valence-corrected chi connectivity index (χ0v) is 7.48. The van der Waals surface area contributed by atoms with E-state index in [0.717, 1.165) is 5.56 Å². The molecule has 1 aromatic rings. The highest BCUT2D eigenvalue weighted by atomic mass is 19.1. The molecule has 1 atom stereocenters. The van der Waals surface area contributed by atoms with Crippen LogP contribution in [0.15, 0.2) is 18.2 Å². The van der Waals surface area contributed by atoms with E-state index in [1.807, 2.05) is 0 Å². The fourth-order valence-electron chi connectivity index (χ4n) is 1.66. The van der Waals surface area contributed by atoms with Gasteiger partial charge in [-0.15, -0.1) is 0 Å². The third kappa shape index (κ3) is 1.88. The van der Waals surface area contributed by atoms with E-state index in [0.29, 0.717) is 12.2 Å². The summed E-state index contributed by atoms with van der Waals surface area (Å²) in [6, 6.07) is 4.31. The number of rotatable bonds is 2. The Morgan fingerprint density at radius 3 is 3.00 bits per heavy atom. The standard InChI is InChI=1S/C9H10BFO3/c11-7-1-2-9-6(3-7)4-8(14-9)5-10(12)13/h1-3,8,12-13H,4-5H2. The minimum atomic E-state index is -1.38. The van der Waals surface area contributed by atoms with E-state index in [1.165, 1.54) is 12.1 Å². The molecule has 0 saturated heterocycles. The van der Waals surface area contributed by atoms with Crippen molar-refractivity contribution >= 4 is 7.12 Å². The molecule has 2 rings (SSSR count). The Balaban J connectivity index is 2.10. The van der Waals surface area contributed by atoms with Crippen LogP contribution in [0.25, 0.3) is 0 Å². The van der Waals surface area contributed by atoms with Crippen LogP contribution in [0.4, 0.5) is 4.39 Å². The maximum absolute atomic E-state index is 12.8. The van der Waals surface area contributed by atoms with Crippen LogP contribution in [0.2, 0.25) is 6.32 Å². The van der Waals surface area contributed by atoms with E-state index in [2.05, 4.69) is 0 Å². The average Bonchev–Trinajstić information content (AvgIpc) is 2.44. The number of halogens is 1. The molecule has 0 saturated carbocycles. The summed E-state index contributed by atoms with van der Waals surface area (Å²) in [7, 11) is -1.38. The second-order valence-electron chi connectivity index (χ2n) is 3.41. The second kappa shape index (κ2) is 3.59. The topological polar surface area (TPSA) is 49.7 Å². The molecule has 1 aliphatic rings. The molecule has 0 fully saturated rings. The van der Waals surface area contributed by atoms with Gasteiger partial charge in [0.15, 0.2) is 0 Å². The molecule has 0 bridgehead atoms. The molecular weight excluding hydrogens is 186 g/mol. The number of ether oxygens (including phenoxy) is 1. The quantitative estimate of drug-likeness (QED) is 0.681. The molecule has 0 radical (unpaired) electrons. The predicted molar refractivity (Wildman–Crippen MR) is 49.5 cm³/mol. The summed E-state index contributed by atoms with van der Waals surface area (Å²) in [5, 5.41) is 17.5. The van der Waals surface area contributed by atoms with Gasteiger partial charge in [0.05, 0.1) is 0 Å². The number of benzene rings is 1. The smallest absolute Gasteiger partial charge is 0.455 e. The van der Waals surface area contributed by atoms with Crippen molar-refractivity contribution in [1.82, 2.24) is 0 Å². The van der Waals surface area contributed by atoms with Gasteiger partial charge in [0, 0.05) is 18.3 Å². The van der Waals surface area contributed by atoms with Crippen LogP contribution >= 0.6 is 0 Å². The molecule has 3 nitrogen and oxygen atoms in total. The molecule has 0 aliphatic carbocycles. The molecule has 1 aliphatic heterocycles. The van der Waals surface area contributed by atoms with E-state index >= 15 is 0 Å². The first-order chi connectivity index (χ1) is 6.65. The summed E-state index contributed by atoms with van der Waals surface area (Å²) in [5.74, 6) is 0.342. The Bertz CT molecular complexity index is 343. The SMILES string of the molecule is OB(O)CC1Cc2cc(F)ccc2O1. The Morgan fingerprint density at radius 2 is 2.29 bits per heavy atom. The molecule has 1 aromatic carbocycles. The van der Waals surface area contributed by atoms with Crippen molar-refractivity contribution in [2.24, 2.45) is 0 Å². The molecule has 0 aromatic heterocycles. The lowest BCUT2D eigenvalue weighted by Gasteiger charge is -2.08. The van der Waals surface area contributed by atoms with Crippen molar-refractivity contribution < 1.29 is 19.2 Å². The van der Waals surface area contributed by atoms with Crippen LogP contribution in [-0.4, -0.2) is 23.3 Å². The van der Waals surface area contributed by atoms with E-state index in [1.54, 1.807) is 6.07 Å². The Morgan fingerprint density at radius 1 is 1.50 bits per heavy atom. The van der Waals surface area contributed by atoms with E-state index in [4.69, 9.17) is 14.8 Å². The summed E-state index contributed by atoms with van der Waals surface area (Å²) in [6.07, 6.45) is 0.424. The summed E-state index contributed by atoms with van der Waals surface area (Å²) < 4.78 is 18.2. The zero-order valence-electron chi connectivity index (χ0n) is 7.48. The zero-order chi connectivity index (χ0) is 10.1. The summed E-state index contributed by atoms with van der Waals surface area (Å²) >= 11 is 0. The highest BCUT2D eigenvalue weighted by molar-refractivity contribution is 6.41. The molecule has 0 spiro atoms. The van der Waals surface area contributed by atoms with Crippen LogP contribution < -0.4 is 4.74 Å². The lowest BCUT2D eigenvalue weighted by Crippen LogP contribution is -2.23. The summed E-state index contributed by atoms with van der Waals surface area (Å²) in [4.78, 5) is 0. The van der Waals surface area contributed by atoms with Crippen molar-refractivity contribution in [3.8, 4) is 5.75 Å². The first-order valence-electron chi connectivity index (χ1n) is 4.46. The highest BCUT2D eigenvalue weighted by Crippen LogP contribution is 2.30. The van der Waals surface area contributed by atoms with Gasteiger partial charge in [-0.2, -0.15) is 0 Å². The minimum Gasteiger partial charge on any atom is -0.490 e. The fraction of sp³-hybridized carbons (Fsp3) is 0.333. The first-order valence-corrected chi connectivity index (χ1v) is 4.46. The van der Waals surface area contributed by atoms with Gasteiger partial charge in [0.2, 0.25) is 0 Å². The number of hydrogen-bond donors (Lipinski definition) is 2. The van der Waals surface area contributed by atoms with Crippen molar-refractivity contribution in [1.29, 1.82) is 0 Å². The van der Waals surface area contributed by atoms with Gasteiger partial charge in [0.25, 0.3) is 0 Å². The summed E-state index contributed by atoms with van der Waals surface area (Å²) in [6.45, 7) is 0. The molecule has 74 valence electrons. The molecule has 2 N–H and O–H groups in total. The molecule has 1 unspecified atom stereocenters. The van der Waals surface area contributed by atoms with Gasteiger partial charge in [-0.1, -0.05) is 0 Å². The third-order valence-corrected chi connectivity index (χ3v) is 2.24. The molecular formula is C9H10BFO3. The molecule has 0 amide bonds. The van der Waals surface area contributed by atoms with Crippen molar-refractivity contribution in [3.05, 3.63) is 29.6 Å². The maximum atomic E-state index is 12.8. The van der Waals surface area contributed by atoms with Crippen LogP contribution in [0.1, 0.15) is 5.56 Å². The molecule has 14 heavy (non-hydrogen) atoms. The van der Waals surface area contributed by atoms with Gasteiger partial charge >= 0.3 is 7.12 Å².